The molecule has 0 spiro atoms. The second-order valence-electron chi connectivity index (χ2n) is 4.82. The summed E-state index contributed by atoms with van der Waals surface area (Å²) in [5, 5.41) is 6.68. The van der Waals surface area contributed by atoms with Crippen molar-refractivity contribution in [3.63, 3.8) is 0 Å². The van der Waals surface area contributed by atoms with Crippen molar-refractivity contribution in [1.82, 2.24) is 9.97 Å². The lowest BCUT2D eigenvalue weighted by Gasteiger charge is -2.25. The molecule has 4 nitrogen and oxygen atoms in total. The summed E-state index contributed by atoms with van der Waals surface area (Å²) >= 11 is 3.56. The maximum absolute atomic E-state index is 4.28. The third kappa shape index (κ3) is 3.57. The van der Waals surface area contributed by atoms with Crippen molar-refractivity contribution >= 4 is 27.6 Å². The van der Waals surface area contributed by atoms with E-state index in [1.165, 1.54) is 25.7 Å². The molecule has 1 aliphatic rings. The molecule has 100 valence electrons. The molecule has 0 bridgehead atoms. The predicted molar refractivity (Wildman–Crippen MR) is 79.0 cm³/mol. The number of rotatable bonds is 7. The molecule has 18 heavy (non-hydrogen) atoms. The Labute approximate surface area is 117 Å². The molecule has 1 fully saturated rings. The normalized spacial score (nSPS) is 15.2. The average Bonchev–Trinajstić information content (AvgIpc) is 2.32. The van der Waals surface area contributed by atoms with Gasteiger partial charge in [0, 0.05) is 13.1 Å². The summed E-state index contributed by atoms with van der Waals surface area (Å²) in [7, 11) is 0. The molecule has 1 saturated carbocycles. The molecular formula is C13H21BrN4. The molecule has 0 amide bonds. The van der Waals surface area contributed by atoms with Gasteiger partial charge in [0.15, 0.2) is 0 Å². The molecule has 5 heteroatoms. The highest BCUT2D eigenvalue weighted by Gasteiger charge is 2.17. The zero-order chi connectivity index (χ0) is 12.8. The third-order valence-corrected chi connectivity index (χ3v) is 4.15. The van der Waals surface area contributed by atoms with E-state index < -0.39 is 0 Å². The molecule has 0 saturated heterocycles. The minimum atomic E-state index is 0.873. The largest absolute Gasteiger partial charge is 0.369 e. The van der Waals surface area contributed by atoms with Crippen LogP contribution >= 0.6 is 15.9 Å². The molecule has 1 aliphatic carbocycles. The van der Waals surface area contributed by atoms with Gasteiger partial charge in [-0.25, -0.2) is 9.97 Å². The van der Waals surface area contributed by atoms with E-state index >= 15 is 0 Å². The number of halogens is 1. The number of nitrogens with one attached hydrogen (secondary N) is 2. The first-order valence-corrected chi connectivity index (χ1v) is 7.58. The van der Waals surface area contributed by atoms with Crippen molar-refractivity contribution < 1.29 is 0 Å². The highest BCUT2D eigenvalue weighted by atomic mass is 79.9. The molecule has 0 unspecified atom stereocenters. The van der Waals surface area contributed by atoms with E-state index in [1.54, 1.807) is 6.33 Å². The van der Waals surface area contributed by atoms with Crippen molar-refractivity contribution in [2.45, 2.75) is 39.0 Å². The second kappa shape index (κ2) is 6.92. The van der Waals surface area contributed by atoms with Crippen LogP contribution in [-0.4, -0.2) is 23.1 Å². The van der Waals surface area contributed by atoms with Crippen LogP contribution in [0.15, 0.2) is 10.8 Å². The van der Waals surface area contributed by atoms with Crippen LogP contribution in [0.5, 0.6) is 0 Å². The topological polar surface area (TPSA) is 49.8 Å². The van der Waals surface area contributed by atoms with E-state index in [9.17, 15) is 0 Å². The van der Waals surface area contributed by atoms with Gasteiger partial charge in [-0.2, -0.15) is 0 Å². The second-order valence-corrected chi connectivity index (χ2v) is 5.62. The lowest BCUT2D eigenvalue weighted by Crippen LogP contribution is -2.16. The predicted octanol–water partition coefficient (Wildman–Crippen LogP) is 3.66. The number of anilines is 2. The Balaban J connectivity index is 1.86. The average molecular weight is 313 g/mol. The van der Waals surface area contributed by atoms with E-state index in [4.69, 9.17) is 0 Å². The molecule has 2 rings (SSSR count). The van der Waals surface area contributed by atoms with Gasteiger partial charge in [-0.1, -0.05) is 26.2 Å². The molecule has 0 aliphatic heterocycles. The summed E-state index contributed by atoms with van der Waals surface area (Å²) in [4.78, 5) is 8.52. The van der Waals surface area contributed by atoms with E-state index in [2.05, 4.69) is 43.5 Å². The van der Waals surface area contributed by atoms with Crippen LogP contribution in [-0.2, 0) is 0 Å². The summed E-state index contributed by atoms with van der Waals surface area (Å²) in [5.41, 5.74) is 0. The summed E-state index contributed by atoms with van der Waals surface area (Å²) < 4.78 is 0.937. The van der Waals surface area contributed by atoms with Crippen LogP contribution in [0.3, 0.4) is 0 Å². The Bertz CT molecular complexity index is 379. The number of hydrogen-bond donors (Lipinski definition) is 2. The Morgan fingerprint density at radius 3 is 2.44 bits per heavy atom. The summed E-state index contributed by atoms with van der Waals surface area (Å²) in [6, 6.07) is 0. The quantitative estimate of drug-likeness (QED) is 0.806. The Morgan fingerprint density at radius 1 is 1.22 bits per heavy atom. The summed E-state index contributed by atoms with van der Waals surface area (Å²) in [5.74, 6) is 2.69. The fourth-order valence-electron chi connectivity index (χ4n) is 2.04. The van der Waals surface area contributed by atoms with Gasteiger partial charge in [-0.3, -0.25) is 0 Å². The highest BCUT2D eigenvalue weighted by Crippen LogP contribution is 2.30. The van der Waals surface area contributed by atoms with E-state index in [1.807, 2.05) is 0 Å². The Morgan fingerprint density at radius 2 is 1.89 bits per heavy atom. The fourth-order valence-corrected chi connectivity index (χ4v) is 2.52. The van der Waals surface area contributed by atoms with Gasteiger partial charge >= 0.3 is 0 Å². The highest BCUT2D eigenvalue weighted by molar-refractivity contribution is 9.10. The molecule has 1 aromatic rings. The van der Waals surface area contributed by atoms with Crippen molar-refractivity contribution in [2.75, 3.05) is 23.7 Å². The first-order valence-electron chi connectivity index (χ1n) is 6.79. The van der Waals surface area contributed by atoms with Crippen LogP contribution in [0, 0.1) is 5.92 Å². The van der Waals surface area contributed by atoms with Gasteiger partial charge < -0.3 is 10.6 Å². The standard InChI is InChI=1S/C13H21BrN4/c1-2-7-15-12-11(14)13(18-9-17-12)16-8-6-10-4-3-5-10/h9-10H,2-8H2,1H3,(H2,15,16,17,18). The van der Waals surface area contributed by atoms with Crippen LogP contribution in [0.1, 0.15) is 39.0 Å². The smallest absolute Gasteiger partial charge is 0.145 e. The lowest BCUT2D eigenvalue weighted by atomic mass is 9.83. The van der Waals surface area contributed by atoms with Crippen LogP contribution in [0.2, 0.25) is 0 Å². The van der Waals surface area contributed by atoms with Crippen LogP contribution in [0.4, 0.5) is 11.6 Å². The Kier molecular flexibility index (Phi) is 5.23. The first kappa shape index (κ1) is 13.6. The summed E-state index contributed by atoms with van der Waals surface area (Å²) in [6.45, 7) is 4.06. The minimum Gasteiger partial charge on any atom is -0.369 e. The zero-order valence-corrected chi connectivity index (χ0v) is 12.5. The maximum Gasteiger partial charge on any atom is 0.145 e. The molecule has 2 N–H and O–H groups in total. The van der Waals surface area contributed by atoms with E-state index in [0.29, 0.717) is 0 Å². The fraction of sp³-hybridized carbons (Fsp3) is 0.692. The third-order valence-electron chi connectivity index (χ3n) is 3.40. The van der Waals surface area contributed by atoms with Gasteiger partial charge in [0.2, 0.25) is 0 Å². The van der Waals surface area contributed by atoms with Gasteiger partial charge in [0.1, 0.15) is 22.4 Å². The Hall–Kier alpha value is -0.840. The lowest BCUT2D eigenvalue weighted by molar-refractivity contribution is 0.303. The van der Waals surface area contributed by atoms with Crippen molar-refractivity contribution in [1.29, 1.82) is 0 Å². The van der Waals surface area contributed by atoms with Crippen LogP contribution in [0.25, 0.3) is 0 Å². The molecular weight excluding hydrogens is 292 g/mol. The van der Waals surface area contributed by atoms with Crippen LogP contribution < -0.4 is 10.6 Å². The number of nitrogens with zero attached hydrogens (tertiary/aromatic N) is 2. The molecule has 0 aromatic carbocycles. The van der Waals surface area contributed by atoms with Gasteiger partial charge in [0.25, 0.3) is 0 Å². The van der Waals surface area contributed by atoms with Gasteiger partial charge in [0.05, 0.1) is 0 Å². The summed E-state index contributed by atoms with van der Waals surface area (Å²) in [6.07, 6.45) is 8.14. The van der Waals surface area contributed by atoms with Gasteiger partial charge in [-0.15, -0.1) is 0 Å². The maximum atomic E-state index is 4.28. The minimum absolute atomic E-state index is 0.873. The van der Waals surface area contributed by atoms with Crippen molar-refractivity contribution in [2.24, 2.45) is 5.92 Å². The molecule has 0 radical (unpaired) electrons. The number of aromatic nitrogens is 2. The number of hydrogen-bond acceptors (Lipinski definition) is 4. The first-order chi connectivity index (χ1) is 8.81. The SMILES string of the molecule is CCCNc1ncnc(NCCC2CCC2)c1Br. The van der Waals surface area contributed by atoms with E-state index in [-0.39, 0.29) is 0 Å². The molecule has 1 heterocycles. The molecule has 0 atom stereocenters. The molecule has 1 aromatic heterocycles. The van der Waals surface area contributed by atoms with Crippen molar-refractivity contribution in [3.05, 3.63) is 10.8 Å². The monoisotopic (exact) mass is 312 g/mol. The van der Waals surface area contributed by atoms with Crippen molar-refractivity contribution in [3.8, 4) is 0 Å². The zero-order valence-electron chi connectivity index (χ0n) is 10.9. The van der Waals surface area contributed by atoms with E-state index in [0.717, 1.165) is 41.5 Å². The van der Waals surface area contributed by atoms with Gasteiger partial charge in [-0.05, 0) is 34.7 Å².